The fourth-order valence-corrected chi connectivity index (χ4v) is 4.63. The average Bonchev–Trinajstić information content (AvgIpc) is 2.48. The summed E-state index contributed by atoms with van der Waals surface area (Å²) in [5.74, 6) is 0.784. The van der Waals surface area contributed by atoms with Gasteiger partial charge in [-0.05, 0) is 49.8 Å². The molecule has 1 saturated heterocycles. The van der Waals surface area contributed by atoms with Gasteiger partial charge in [0.15, 0.2) is 0 Å². The molecule has 124 valence electrons. The summed E-state index contributed by atoms with van der Waals surface area (Å²) in [4.78, 5) is 0.186. The zero-order chi connectivity index (χ0) is 16.3. The second-order valence-corrected chi connectivity index (χ2v) is 8.32. The van der Waals surface area contributed by atoms with E-state index in [1.807, 2.05) is 13.8 Å². The predicted molar refractivity (Wildman–Crippen MR) is 89.1 cm³/mol. The van der Waals surface area contributed by atoms with Gasteiger partial charge in [-0.15, -0.1) is 0 Å². The summed E-state index contributed by atoms with van der Waals surface area (Å²) in [5.41, 5.74) is 0.818. The highest BCUT2D eigenvalue weighted by molar-refractivity contribution is 7.89. The van der Waals surface area contributed by atoms with E-state index in [1.54, 1.807) is 10.4 Å². The maximum absolute atomic E-state index is 13.0. The number of rotatable bonds is 5. The van der Waals surface area contributed by atoms with Gasteiger partial charge in [0.2, 0.25) is 10.0 Å². The van der Waals surface area contributed by atoms with E-state index in [0.717, 1.165) is 24.8 Å². The van der Waals surface area contributed by atoms with Gasteiger partial charge in [-0.1, -0.05) is 25.4 Å². The van der Waals surface area contributed by atoms with Gasteiger partial charge in [0.1, 0.15) is 10.6 Å². The second-order valence-electron chi connectivity index (χ2n) is 6.01. The van der Waals surface area contributed by atoms with Crippen LogP contribution < -0.4 is 4.74 Å². The van der Waals surface area contributed by atoms with Gasteiger partial charge in [0.25, 0.3) is 0 Å². The Morgan fingerprint density at radius 1 is 1.41 bits per heavy atom. The van der Waals surface area contributed by atoms with Crippen LogP contribution in [0.5, 0.6) is 5.75 Å². The van der Waals surface area contributed by atoms with Crippen molar-refractivity contribution in [1.29, 1.82) is 0 Å². The number of sulfonamides is 1. The predicted octanol–water partition coefficient (Wildman–Crippen LogP) is 3.86. The minimum absolute atomic E-state index is 0.186. The highest BCUT2D eigenvalue weighted by Gasteiger charge is 2.31. The summed E-state index contributed by atoms with van der Waals surface area (Å²) in [7, 11) is -3.57. The molecule has 1 aliphatic heterocycles. The van der Waals surface area contributed by atoms with Crippen LogP contribution in [-0.4, -0.2) is 32.4 Å². The van der Waals surface area contributed by atoms with E-state index in [9.17, 15) is 8.42 Å². The van der Waals surface area contributed by atoms with E-state index in [1.165, 1.54) is 6.07 Å². The van der Waals surface area contributed by atoms with Crippen molar-refractivity contribution in [2.24, 2.45) is 5.92 Å². The van der Waals surface area contributed by atoms with Gasteiger partial charge in [-0.25, -0.2) is 8.42 Å². The number of hydrogen-bond acceptors (Lipinski definition) is 3. The first-order valence-electron chi connectivity index (χ1n) is 7.79. The van der Waals surface area contributed by atoms with Crippen LogP contribution in [-0.2, 0) is 10.0 Å². The third-order valence-electron chi connectivity index (χ3n) is 3.92. The molecule has 1 aromatic rings. The fourth-order valence-electron chi connectivity index (χ4n) is 2.67. The number of halogens is 1. The number of benzene rings is 1. The standard InChI is InChI=1S/C16H24ClNO3S/c1-4-8-21-15-9-13(3)14(17)10-16(15)22(19,20)18-7-5-6-12(2)11-18/h9-10,12H,4-8,11H2,1-3H3/t12-/m1/s1. The van der Waals surface area contributed by atoms with Crippen LogP contribution in [0.1, 0.15) is 38.7 Å². The maximum atomic E-state index is 13.0. The highest BCUT2D eigenvalue weighted by atomic mass is 35.5. The van der Waals surface area contributed by atoms with Crippen molar-refractivity contribution in [3.8, 4) is 5.75 Å². The van der Waals surface area contributed by atoms with Crippen LogP contribution in [0.3, 0.4) is 0 Å². The Morgan fingerprint density at radius 3 is 2.77 bits per heavy atom. The third kappa shape index (κ3) is 3.76. The molecule has 1 aliphatic rings. The maximum Gasteiger partial charge on any atom is 0.246 e. The molecule has 0 N–H and O–H groups in total. The molecule has 0 aromatic heterocycles. The lowest BCUT2D eigenvalue weighted by Crippen LogP contribution is -2.39. The second kappa shape index (κ2) is 7.20. The quantitative estimate of drug-likeness (QED) is 0.814. The molecule has 0 spiro atoms. The monoisotopic (exact) mass is 345 g/mol. The molecular weight excluding hydrogens is 322 g/mol. The summed E-state index contributed by atoms with van der Waals surface area (Å²) >= 11 is 6.15. The molecule has 0 amide bonds. The fraction of sp³-hybridized carbons (Fsp3) is 0.625. The zero-order valence-electron chi connectivity index (χ0n) is 13.4. The van der Waals surface area contributed by atoms with Crippen molar-refractivity contribution < 1.29 is 13.2 Å². The molecule has 4 nitrogen and oxygen atoms in total. The van der Waals surface area contributed by atoms with E-state index >= 15 is 0 Å². The van der Waals surface area contributed by atoms with Gasteiger partial charge < -0.3 is 4.74 Å². The number of piperidine rings is 1. The summed E-state index contributed by atoms with van der Waals surface area (Å²) in [6.07, 6.45) is 2.78. The third-order valence-corrected chi connectivity index (χ3v) is 6.22. The Bertz CT molecular complexity index is 631. The Morgan fingerprint density at radius 2 is 2.14 bits per heavy atom. The van der Waals surface area contributed by atoms with E-state index in [2.05, 4.69) is 6.92 Å². The Kier molecular flexibility index (Phi) is 5.75. The summed E-state index contributed by atoms with van der Waals surface area (Å²) < 4.78 is 33.2. The van der Waals surface area contributed by atoms with Crippen LogP contribution in [0, 0.1) is 12.8 Å². The van der Waals surface area contributed by atoms with Crippen molar-refractivity contribution in [3.05, 3.63) is 22.7 Å². The lowest BCUT2D eigenvalue weighted by Gasteiger charge is -2.30. The van der Waals surface area contributed by atoms with Gasteiger partial charge >= 0.3 is 0 Å². The van der Waals surface area contributed by atoms with Crippen LogP contribution >= 0.6 is 11.6 Å². The van der Waals surface area contributed by atoms with E-state index in [-0.39, 0.29) is 4.90 Å². The van der Waals surface area contributed by atoms with Crippen molar-refractivity contribution >= 4 is 21.6 Å². The molecule has 1 fully saturated rings. The minimum Gasteiger partial charge on any atom is -0.492 e. The molecule has 22 heavy (non-hydrogen) atoms. The summed E-state index contributed by atoms with van der Waals surface area (Å²) in [6.45, 7) is 7.52. The van der Waals surface area contributed by atoms with E-state index in [4.69, 9.17) is 16.3 Å². The topological polar surface area (TPSA) is 46.6 Å². The van der Waals surface area contributed by atoms with Crippen molar-refractivity contribution in [2.75, 3.05) is 19.7 Å². The summed E-state index contributed by atoms with van der Waals surface area (Å²) in [5, 5.41) is 0.451. The normalized spacial score (nSPS) is 20.1. The molecule has 0 aliphatic carbocycles. The number of nitrogens with zero attached hydrogens (tertiary/aromatic N) is 1. The first kappa shape index (κ1) is 17.6. The van der Waals surface area contributed by atoms with Gasteiger partial charge in [-0.2, -0.15) is 4.31 Å². The molecule has 0 bridgehead atoms. The molecule has 1 heterocycles. The SMILES string of the molecule is CCCOc1cc(C)c(Cl)cc1S(=O)(=O)N1CCC[C@@H](C)C1. The van der Waals surface area contributed by atoms with E-state index in [0.29, 0.717) is 36.4 Å². The number of hydrogen-bond donors (Lipinski definition) is 0. The van der Waals surface area contributed by atoms with Gasteiger partial charge in [0, 0.05) is 18.1 Å². The molecule has 6 heteroatoms. The van der Waals surface area contributed by atoms with Crippen molar-refractivity contribution in [3.63, 3.8) is 0 Å². The zero-order valence-corrected chi connectivity index (χ0v) is 15.0. The molecule has 1 atom stereocenters. The first-order valence-corrected chi connectivity index (χ1v) is 9.61. The molecular formula is C16H24ClNO3S. The van der Waals surface area contributed by atoms with Crippen molar-refractivity contribution in [1.82, 2.24) is 4.31 Å². The van der Waals surface area contributed by atoms with Crippen LogP contribution in [0.2, 0.25) is 5.02 Å². The molecule has 0 saturated carbocycles. The van der Waals surface area contributed by atoms with Crippen molar-refractivity contribution in [2.45, 2.75) is 44.9 Å². The Labute approximate surface area is 138 Å². The molecule has 2 rings (SSSR count). The smallest absolute Gasteiger partial charge is 0.246 e. The lowest BCUT2D eigenvalue weighted by molar-refractivity contribution is 0.277. The average molecular weight is 346 g/mol. The lowest BCUT2D eigenvalue weighted by atomic mass is 10.0. The highest BCUT2D eigenvalue weighted by Crippen LogP contribution is 2.34. The van der Waals surface area contributed by atoms with Crippen LogP contribution in [0.15, 0.2) is 17.0 Å². The molecule has 0 radical (unpaired) electrons. The largest absolute Gasteiger partial charge is 0.492 e. The van der Waals surface area contributed by atoms with E-state index < -0.39 is 10.0 Å². The Hall–Kier alpha value is -0.780. The molecule has 0 unspecified atom stereocenters. The number of aryl methyl sites for hydroxylation is 1. The first-order chi connectivity index (χ1) is 10.4. The Balaban J connectivity index is 2.42. The van der Waals surface area contributed by atoms with Gasteiger partial charge in [-0.3, -0.25) is 0 Å². The van der Waals surface area contributed by atoms with Gasteiger partial charge in [0.05, 0.1) is 6.61 Å². The van der Waals surface area contributed by atoms with Crippen LogP contribution in [0.4, 0.5) is 0 Å². The summed E-state index contributed by atoms with van der Waals surface area (Å²) in [6, 6.07) is 3.24. The number of ether oxygens (including phenoxy) is 1. The van der Waals surface area contributed by atoms with Crippen LogP contribution in [0.25, 0.3) is 0 Å². The molecule has 1 aromatic carbocycles. The minimum atomic E-state index is -3.57.